The fourth-order valence-corrected chi connectivity index (χ4v) is 1.45. The van der Waals surface area contributed by atoms with Gasteiger partial charge >= 0.3 is 0 Å². The zero-order valence-corrected chi connectivity index (χ0v) is 11.9. The highest BCUT2D eigenvalue weighted by molar-refractivity contribution is 5.39. The molecule has 0 unspecified atom stereocenters. The first-order valence-electron chi connectivity index (χ1n) is 6.25. The average molecular weight is 253 g/mol. The van der Waals surface area contributed by atoms with Crippen LogP contribution >= 0.6 is 0 Å². The molecule has 5 nitrogen and oxygen atoms in total. The van der Waals surface area contributed by atoms with Crippen molar-refractivity contribution in [3.63, 3.8) is 0 Å². The van der Waals surface area contributed by atoms with Crippen molar-refractivity contribution >= 4 is 5.69 Å². The van der Waals surface area contributed by atoms with Crippen molar-refractivity contribution < 1.29 is 4.74 Å². The van der Waals surface area contributed by atoms with E-state index in [0.29, 0.717) is 13.2 Å². The smallest absolute Gasteiger partial charge is 0.268 e. The lowest BCUT2D eigenvalue weighted by Gasteiger charge is -2.19. The summed E-state index contributed by atoms with van der Waals surface area (Å²) in [6.07, 6.45) is 1.67. The molecule has 0 aliphatic heterocycles. The van der Waals surface area contributed by atoms with Crippen LogP contribution in [0.15, 0.2) is 17.1 Å². The van der Waals surface area contributed by atoms with E-state index in [1.165, 1.54) is 4.68 Å². The van der Waals surface area contributed by atoms with E-state index in [1.807, 2.05) is 34.6 Å². The Kier molecular flexibility index (Phi) is 4.90. The normalized spacial score (nSPS) is 11.9. The highest BCUT2D eigenvalue weighted by atomic mass is 16.5. The van der Waals surface area contributed by atoms with Crippen molar-refractivity contribution in [3.05, 3.63) is 22.6 Å². The molecule has 1 heterocycles. The molecule has 102 valence electrons. The van der Waals surface area contributed by atoms with E-state index in [4.69, 9.17) is 4.74 Å². The van der Waals surface area contributed by atoms with Gasteiger partial charge in [0.15, 0.2) is 0 Å². The Morgan fingerprint density at radius 3 is 2.61 bits per heavy atom. The maximum absolute atomic E-state index is 11.8. The van der Waals surface area contributed by atoms with E-state index in [-0.39, 0.29) is 17.2 Å². The molecule has 0 amide bonds. The second-order valence-corrected chi connectivity index (χ2v) is 5.57. The van der Waals surface area contributed by atoms with Crippen molar-refractivity contribution in [1.82, 2.24) is 9.78 Å². The van der Waals surface area contributed by atoms with Crippen LogP contribution < -0.4 is 10.9 Å². The molecule has 0 aliphatic carbocycles. The minimum absolute atomic E-state index is 0.113. The Hall–Kier alpha value is -1.36. The summed E-state index contributed by atoms with van der Waals surface area (Å²) in [5.74, 6) is 0. The van der Waals surface area contributed by atoms with Gasteiger partial charge in [0.2, 0.25) is 0 Å². The third-order valence-corrected chi connectivity index (χ3v) is 2.16. The van der Waals surface area contributed by atoms with Crippen LogP contribution in [0.3, 0.4) is 0 Å². The zero-order chi connectivity index (χ0) is 13.8. The van der Waals surface area contributed by atoms with Crippen LogP contribution in [0.5, 0.6) is 0 Å². The van der Waals surface area contributed by atoms with Crippen LogP contribution in [0, 0.1) is 0 Å². The summed E-state index contributed by atoms with van der Waals surface area (Å²) in [7, 11) is 0. The molecule has 0 aliphatic rings. The van der Waals surface area contributed by atoms with E-state index in [1.54, 1.807) is 12.3 Å². The van der Waals surface area contributed by atoms with E-state index < -0.39 is 0 Å². The zero-order valence-electron chi connectivity index (χ0n) is 11.9. The molecule has 0 bridgehead atoms. The first kappa shape index (κ1) is 14.7. The Balaban J connectivity index is 2.60. The molecule has 0 saturated heterocycles. The van der Waals surface area contributed by atoms with Gasteiger partial charge in [0.05, 0.1) is 30.6 Å². The standard InChI is InChI=1S/C13H23N3O2/c1-10(2)15-11-8-12(17)16(14-9-11)6-7-18-13(3,4)5/h8-10,15H,6-7H2,1-5H3. The predicted molar refractivity (Wildman–Crippen MR) is 73.0 cm³/mol. The van der Waals surface area contributed by atoms with Crippen LogP contribution in [-0.2, 0) is 11.3 Å². The summed E-state index contributed by atoms with van der Waals surface area (Å²) in [5, 5.41) is 7.26. The number of ether oxygens (including phenoxy) is 1. The number of nitrogens with zero attached hydrogens (tertiary/aromatic N) is 2. The van der Waals surface area contributed by atoms with Crippen molar-refractivity contribution in [2.45, 2.75) is 52.8 Å². The summed E-state index contributed by atoms with van der Waals surface area (Å²) in [6.45, 7) is 10.9. The fraction of sp³-hybridized carbons (Fsp3) is 0.692. The predicted octanol–water partition coefficient (Wildman–Crippen LogP) is 1.88. The van der Waals surface area contributed by atoms with Crippen molar-refractivity contribution in [2.75, 3.05) is 11.9 Å². The summed E-state index contributed by atoms with van der Waals surface area (Å²) < 4.78 is 6.98. The van der Waals surface area contributed by atoms with E-state index >= 15 is 0 Å². The quantitative estimate of drug-likeness (QED) is 0.870. The highest BCUT2D eigenvalue weighted by Gasteiger charge is 2.10. The van der Waals surface area contributed by atoms with E-state index in [2.05, 4.69) is 10.4 Å². The highest BCUT2D eigenvalue weighted by Crippen LogP contribution is 2.06. The van der Waals surface area contributed by atoms with Crippen LogP contribution in [0.1, 0.15) is 34.6 Å². The second kappa shape index (κ2) is 6.00. The minimum atomic E-state index is -0.192. The number of hydrogen-bond acceptors (Lipinski definition) is 4. The Labute approximate surface area is 108 Å². The Morgan fingerprint density at radius 1 is 1.44 bits per heavy atom. The monoisotopic (exact) mass is 253 g/mol. The maximum atomic E-state index is 11.8. The van der Waals surface area contributed by atoms with Gasteiger partial charge in [0, 0.05) is 12.1 Å². The number of anilines is 1. The third kappa shape index (κ3) is 5.31. The molecule has 18 heavy (non-hydrogen) atoms. The molecule has 0 fully saturated rings. The lowest BCUT2D eigenvalue weighted by atomic mass is 10.2. The number of hydrogen-bond donors (Lipinski definition) is 1. The van der Waals surface area contributed by atoms with Crippen LogP contribution in [-0.4, -0.2) is 28.0 Å². The number of aromatic nitrogens is 2. The Morgan fingerprint density at radius 2 is 2.11 bits per heavy atom. The largest absolute Gasteiger partial charge is 0.381 e. The van der Waals surface area contributed by atoms with Gasteiger partial charge in [0.25, 0.3) is 5.56 Å². The molecule has 1 N–H and O–H groups in total. The van der Waals surface area contributed by atoms with Crippen LogP contribution in [0.4, 0.5) is 5.69 Å². The molecular formula is C13H23N3O2. The maximum Gasteiger partial charge on any atom is 0.268 e. The van der Waals surface area contributed by atoms with Crippen molar-refractivity contribution in [1.29, 1.82) is 0 Å². The van der Waals surface area contributed by atoms with Gasteiger partial charge in [0.1, 0.15) is 0 Å². The molecule has 0 saturated carbocycles. The van der Waals surface area contributed by atoms with Gasteiger partial charge < -0.3 is 10.1 Å². The van der Waals surface area contributed by atoms with Gasteiger partial charge in [-0.15, -0.1) is 0 Å². The number of rotatable bonds is 5. The van der Waals surface area contributed by atoms with Gasteiger partial charge in [-0.25, -0.2) is 4.68 Å². The molecular weight excluding hydrogens is 230 g/mol. The summed E-state index contributed by atoms with van der Waals surface area (Å²) in [5.41, 5.74) is 0.448. The van der Waals surface area contributed by atoms with Gasteiger partial charge in [-0.2, -0.15) is 5.10 Å². The molecule has 0 aromatic carbocycles. The summed E-state index contributed by atoms with van der Waals surface area (Å²) >= 11 is 0. The first-order valence-corrected chi connectivity index (χ1v) is 6.25. The molecule has 1 rings (SSSR count). The first-order chi connectivity index (χ1) is 8.28. The van der Waals surface area contributed by atoms with E-state index in [9.17, 15) is 4.79 Å². The SMILES string of the molecule is CC(C)Nc1cnn(CCOC(C)(C)C)c(=O)c1. The van der Waals surface area contributed by atoms with Crippen LogP contribution in [0.25, 0.3) is 0 Å². The van der Waals surface area contributed by atoms with Gasteiger partial charge in [-0.3, -0.25) is 4.79 Å². The fourth-order valence-electron chi connectivity index (χ4n) is 1.45. The number of nitrogens with one attached hydrogen (secondary N) is 1. The summed E-state index contributed by atoms with van der Waals surface area (Å²) in [6, 6.07) is 1.84. The average Bonchev–Trinajstić information content (AvgIpc) is 2.18. The molecule has 5 heteroatoms. The topological polar surface area (TPSA) is 56.1 Å². The van der Waals surface area contributed by atoms with Crippen LogP contribution in [0.2, 0.25) is 0 Å². The molecule has 0 spiro atoms. The molecule has 1 aromatic rings. The van der Waals surface area contributed by atoms with E-state index in [0.717, 1.165) is 5.69 Å². The minimum Gasteiger partial charge on any atom is -0.381 e. The summed E-state index contributed by atoms with van der Waals surface area (Å²) in [4.78, 5) is 11.8. The lowest BCUT2D eigenvalue weighted by Crippen LogP contribution is -2.28. The van der Waals surface area contributed by atoms with Crippen molar-refractivity contribution in [2.24, 2.45) is 0 Å². The van der Waals surface area contributed by atoms with Gasteiger partial charge in [-0.05, 0) is 34.6 Å². The molecule has 0 radical (unpaired) electrons. The van der Waals surface area contributed by atoms with Crippen molar-refractivity contribution in [3.8, 4) is 0 Å². The lowest BCUT2D eigenvalue weighted by molar-refractivity contribution is -0.00835. The molecule has 0 atom stereocenters. The second-order valence-electron chi connectivity index (χ2n) is 5.57. The van der Waals surface area contributed by atoms with Gasteiger partial charge in [-0.1, -0.05) is 0 Å². The Bertz CT molecular complexity index is 433. The third-order valence-electron chi connectivity index (χ3n) is 2.16. The molecule has 1 aromatic heterocycles.